The fourth-order valence-corrected chi connectivity index (χ4v) is 6.01. The Bertz CT molecular complexity index is 1550. The summed E-state index contributed by atoms with van der Waals surface area (Å²) in [7, 11) is 2.77. The summed E-state index contributed by atoms with van der Waals surface area (Å²) in [5, 5.41) is 11.7. The number of esters is 1. The third kappa shape index (κ3) is 7.47. The number of Topliss-reactive ketones (excluding diaryl/α,β-unsaturated/α-hetero) is 1. The third-order valence-corrected chi connectivity index (χ3v) is 8.60. The van der Waals surface area contributed by atoms with Crippen LogP contribution in [0.1, 0.15) is 84.9 Å². The second-order valence-electron chi connectivity index (χ2n) is 10.6. The van der Waals surface area contributed by atoms with Crippen molar-refractivity contribution in [2.24, 2.45) is 0 Å². The van der Waals surface area contributed by atoms with E-state index < -0.39 is 23.7 Å². The highest BCUT2D eigenvalue weighted by Gasteiger charge is 2.48. The molecule has 4 rings (SSSR count). The fraction of sp³-hybridized carbons (Fsp3) is 0.412. The van der Waals surface area contributed by atoms with Gasteiger partial charge in [-0.1, -0.05) is 56.9 Å². The van der Waals surface area contributed by atoms with Gasteiger partial charge in [-0.25, -0.2) is 9.78 Å². The van der Waals surface area contributed by atoms with E-state index in [1.54, 1.807) is 49.4 Å². The highest BCUT2D eigenvalue weighted by Crippen LogP contribution is 2.45. The molecule has 1 amide bonds. The predicted octanol–water partition coefficient (Wildman–Crippen LogP) is 7.01. The average Bonchev–Trinajstić information content (AvgIpc) is 3.56. The van der Waals surface area contributed by atoms with E-state index in [2.05, 4.69) is 18.8 Å². The number of ether oxygens (including phenoxy) is 4. The summed E-state index contributed by atoms with van der Waals surface area (Å²) < 4.78 is 22.2. The normalized spacial score (nSPS) is 15.8. The molecule has 1 aromatic heterocycles. The highest BCUT2D eigenvalue weighted by molar-refractivity contribution is 7.17. The van der Waals surface area contributed by atoms with Gasteiger partial charge in [0.15, 0.2) is 16.6 Å². The van der Waals surface area contributed by atoms with Crippen LogP contribution in [0.5, 0.6) is 17.2 Å². The Kier molecular flexibility index (Phi) is 11.6. The second kappa shape index (κ2) is 15.6. The average molecular weight is 637 g/mol. The van der Waals surface area contributed by atoms with E-state index >= 15 is 0 Å². The van der Waals surface area contributed by atoms with Gasteiger partial charge in [-0.2, -0.15) is 0 Å². The first-order chi connectivity index (χ1) is 21.7. The van der Waals surface area contributed by atoms with E-state index in [0.717, 1.165) is 49.9 Å². The maximum absolute atomic E-state index is 13.7. The van der Waals surface area contributed by atoms with Crippen molar-refractivity contribution < 1.29 is 38.4 Å². The summed E-state index contributed by atoms with van der Waals surface area (Å²) in [6, 6.07) is 10.8. The number of carbonyl (C=O) groups excluding carboxylic acids is 3. The fourth-order valence-electron chi connectivity index (χ4n) is 5.00. The van der Waals surface area contributed by atoms with Crippen LogP contribution in [0.4, 0.5) is 5.13 Å². The number of aromatic nitrogens is 1. The number of benzene rings is 2. The van der Waals surface area contributed by atoms with Gasteiger partial charge in [0.05, 0.1) is 44.7 Å². The number of rotatable bonds is 15. The predicted molar refractivity (Wildman–Crippen MR) is 172 cm³/mol. The number of ketones is 1. The van der Waals surface area contributed by atoms with Crippen molar-refractivity contribution in [1.82, 2.24) is 4.98 Å². The molecule has 3 aromatic rings. The number of amides is 1. The van der Waals surface area contributed by atoms with Gasteiger partial charge < -0.3 is 24.1 Å². The number of anilines is 1. The third-order valence-electron chi connectivity index (χ3n) is 7.46. The molecule has 0 bridgehead atoms. The molecule has 240 valence electrons. The molecule has 1 N–H and O–H groups in total. The minimum Gasteiger partial charge on any atom is -0.507 e. The van der Waals surface area contributed by atoms with Gasteiger partial charge in [-0.3, -0.25) is 14.5 Å². The highest BCUT2D eigenvalue weighted by atomic mass is 32.1. The number of aliphatic hydroxyl groups is 1. The minimum absolute atomic E-state index is 0.119. The standard InChI is InChI=1S/C34H40N2O8S/c1-6-8-10-11-19-44-25-17-14-23(20-26(25)41-4)28-27(29(37)22-12-15-24(16-13-22)43-18-9-7-2)30(38)32(39)36(28)34-35-21(3)31(45-34)33(40)42-5/h12-17,20,28,37H,6-11,18-19H2,1-5H3. The SMILES string of the molecule is CCCCCCOc1ccc(C2C(=C(O)c3ccc(OCCCC)cc3)C(=O)C(=O)N2c2nc(C)c(C(=O)OC)s2)cc1OC. The molecule has 0 saturated carbocycles. The number of thiazole rings is 1. The van der Waals surface area contributed by atoms with Crippen LogP contribution in [0.3, 0.4) is 0 Å². The van der Waals surface area contributed by atoms with Crippen molar-refractivity contribution in [3.63, 3.8) is 0 Å². The molecule has 2 heterocycles. The summed E-state index contributed by atoms with van der Waals surface area (Å²) in [6.45, 7) is 6.92. The van der Waals surface area contributed by atoms with Crippen LogP contribution >= 0.6 is 11.3 Å². The zero-order valence-corrected chi connectivity index (χ0v) is 27.2. The van der Waals surface area contributed by atoms with Gasteiger partial charge in [0, 0.05) is 5.56 Å². The Morgan fingerprint density at radius 3 is 2.31 bits per heavy atom. The molecular weight excluding hydrogens is 596 g/mol. The summed E-state index contributed by atoms with van der Waals surface area (Å²) in [5.41, 5.74) is 1.05. The van der Waals surface area contributed by atoms with Crippen molar-refractivity contribution in [2.75, 3.05) is 32.3 Å². The molecular formula is C34H40N2O8S. The van der Waals surface area contributed by atoms with Gasteiger partial charge in [0.25, 0.3) is 5.78 Å². The molecule has 10 nitrogen and oxygen atoms in total. The first kappa shape index (κ1) is 33.5. The van der Waals surface area contributed by atoms with Gasteiger partial charge in [-0.05, 0) is 61.7 Å². The number of carbonyl (C=O) groups is 3. The molecule has 2 aromatic carbocycles. The number of nitrogens with zero attached hydrogens (tertiary/aromatic N) is 2. The number of hydrogen-bond acceptors (Lipinski definition) is 10. The molecule has 1 fully saturated rings. The number of aliphatic hydroxyl groups excluding tert-OH is 1. The Morgan fingerprint density at radius 1 is 0.933 bits per heavy atom. The maximum Gasteiger partial charge on any atom is 0.350 e. The van der Waals surface area contributed by atoms with Crippen molar-refractivity contribution in [3.05, 3.63) is 69.7 Å². The first-order valence-electron chi connectivity index (χ1n) is 15.2. The number of methoxy groups -OCH3 is 2. The van der Waals surface area contributed by atoms with Gasteiger partial charge in [-0.15, -0.1) is 0 Å². The smallest absolute Gasteiger partial charge is 0.350 e. The quantitative estimate of drug-likeness (QED) is 0.0617. The van der Waals surface area contributed by atoms with Crippen molar-refractivity contribution in [3.8, 4) is 17.2 Å². The zero-order chi connectivity index (χ0) is 32.5. The van der Waals surface area contributed by atoms with E-state index in [1.165, 1.54) is 19.1 Å². The molecule has 0 aliphatic carbocycles. The number of hydrogen-bond donors (Lipinski definition) is 1. The Labute approximate surface area is 267 Å². The molecule has 0 spiro atoms. The lowest BCUT2D eigenvalue weighted by atomic mass is 9.95. The summed E-state index contributed by atoms with van der Waals surface area (Å²) in [6.07, 6.45) is 6.10. The van der Waals surface area contributed by atoms with Crippen LogP contribution in [0.25, 0.3) is 5.76 Å². The van der Waals surface area contributed by atoms with Crippen molar-refractivity contribution >= 4 is 39.9 Å². The van der Waals surface area contributed by atoms with E-state index in [0.29, 0.717) is 47.3 Å². The molecule has 1 unspecified atom stereocenters. The number of unbranched alkanes of at least 4 members (excludes halogenated alkanes) is 4. The molecule has 1 saturated heterocycles. The monoisotopic (exact) mass is 636 g/mol. The molecule has 1 aliphatic rings. The van der Waals surface area contributed by atoms with E-state index in [-0.39, 0.29) is 21.3 Å². The van der Waals surface area contributed by atoms with Crippen LogP contribution < -0.4 is 19.1 Å². The lowest BCUT2D eigenvalue weighted by molar-refractivity contribution is -0.132. The lowest BCUT2D eigenvalue weighted by Gasteiger charge is -2.24. The van der Waals surface area contributed by atoms with Crippen LogP contribution in [0.2, 0.25) is 0 Å². The zero-order valence-electron chi connectivity index (χ0n) is 26.4. The number of aryl methyl sites for hydroxylation is 1. The molecule has 11 heteroatoms. The van der Waals surface area contributed by atoms with Crippen molar-refractivity contribution in [2.45, 2.75) is 65.3 Å². The largest absolute Gasteiger partial charge is 0.507 e. The summed E-state index contributed by atoms with van der Waals surface area (Å²) in [5.74, 6) is -1.17. The van der Waals surface area contributed by atoms with Crippen LogP contribution in [0, 0.1) is 6.92 Å². The van der Waals surface area contributed by atoms with Gasteiger partial charge in [0.1, 0.15) is 16.4 Å². The Hall–Kier alpha value is -4.38. The van der Waals surface area contributed by atoms with E-state index in [9.17, 15) is 19.5 Å². The summed E-state index contributed by atoms with van der Waals surface area (Å²) >= 11 is 0.936. The topological polar surface area (TPSA) is 124 Å². The minimum atomic E-state index is -1.07. The van der Waals surface area contributed by atoms with Crippen molar-refractivity contribution in [1.29, 1.82) is 0 Å². The van der Waals surface area contributed by atoms with E-state index in [1.807, 2.05) is 0 Å². The van der Waals surface area contributed by atoms with Crippen LogP contribution in [0.15, 0.2) is 48.0 Å². The van der Waals surface area contributed by atoms with Gasteiger partial charge in [0.2, 0.25) is 0 Å². The van der Waals surface area contributed by atoms with E-state index in [4.69, 9.17) is 18.9 Å². The summed E-state index contributed by atoms with van der Waals surface area (Å²) in [4.78, 5) is 45.6. The second-order valence-corrected chi connectivity index (χ2v) is 11.6. The Balaban J connectivity index is 1.79. The lowest BCUT2D eigenvalue weighted by Crippen LogP contribution is -2.29. The first-order valence-corrected chi connectivity index (χ1v) is 16.0. The molecule has 1 aliphatic heterocycles. The maximum atomic E-state index is 13.7. The molecule has 0 radical (unpaired) electrons. The molecule has 1 atom stereocenters. The molecule has 45 heavy (non-hydrogen) atoms. The van der Waals surface area contributed by atoms with Gasteiger partial charge >= 0.3 is 11.9 Å². The Morgan fingerprint density at radius 2 is 1.64 bits per heavy atom. The van der Waals surface area contributed by atoms with Crippen LogP contribution in [-0.2, 0) is 14.3 Å². The van der Waals surface area contributed by atoms with Crippen LogP contribution in [-0.4, -0.2) is 55.2 Å².